The van der Waals surface area contributed by atoms with E-state index in [0.29, 0.717) is 6.54 Å². The average Bonchev–Trinajstić information content (AvgIpc) is 2.57. The topological polar surface area (TPSA) is 29.3 Å². The van der Waals surface area contributed by atoms with Gasteiger partial charge >= 0.3 is 0 Å². The van der Waals surface area contributed by atoms with E-state index in [1.54, 1.807) is 0 Å². The third-order valence-electron chi connectivity index (χ3n) is 3.49. The first-order chi connectivity index (χ1) is 7.56. The molecule has 0 saturated carbocycles. The van der Waals surface area contributed by atoms with Crippen LogP contribution >= 0.6 is 15.9 Å². The molecule has 0 bridgehead atoms. The third-order valence-corrected chi connectivity index (χ3v) is 4.23. The van der Waals surface area contributed by atoms with Gasteiger partial charge in [-0.05, 0) is 38.8 Å². The van der Waals surface area contributed by atoms with Gasteiger partial charge in [0.1, 0.15) is 0 Å². The zero-order valence-corrected chi connectivity index (χ0v) is 11.5. The summed E-state index contributed by atoms with van der Waals surface area (Å²) in [5, 5.41) is 0. The normalized spacial score (nSPS) is 19.1. The van der Waals surface area contributed by atoms with Crippen molar-refractivity contribution in [2.24, 2.45) is 5.73 Å². The number of nitrogens with two attached hydrogens (primary N) is 1. The van der Waals surface area contributed by atoms with Crippen molar-refractivity contribution in [3.63, 3.8) is 0 Å². The lowest BCUT2D eigenvalue weighted by Gasteiger charge is -2.35. The molecule has 0 aliphatic carbocycles. The van der Waals surface area contributed by atoms with Gasteiger partial charge in [0.15, 0.2) is 0 Å². The molecule has 0 amide bonds. The van der Waals surface area contributed by atoms with Gasteiger partial charge in [-0.2, -0.15) is 0 Å². The zero-order chi connectivity index (χ0) is 11.8. The van der Waals surface area contributed by atoms with Crippen LogP contribution in [0.4, 0.5) is 5.69 Å². The van der Waals surface area contributed by atoms with E-state index in [1.165, 1.54) is 24.1 Å². The Morgan fingerprint density at radius 3 is 2.75 bits per heavy atom. The Kier molecular flexibility index (Phi) is 3.27. The van der Waals surface area contributed by atoms with E-state index in [-0.39, 0.29) is 5.54 Å². The fourth-order valence-electron chi connectivity index (χ4n) is 2.56. The Bertz CT molecular complexity index is 388. The first-order valence-corrected chi connectivity index (χ1v) is 6.60. The van der Waals surface area contributed by atoms with Crippen molar-refractivity contribution in [2.75, 3.05) is 11.4 Å². The Balaban J connectivity index is 2.44. The maximum atomic E-state index is 5.85. The van der Waals surface area contributed by atoms with Crippen molar-refractivity contribution in [3.8, 4) is 0 Å². The van der Waals surface area contributed by atoms with Crippen LogP contribution in [0, 0.1) is 0 Å². The lowest BCUT2D eigenvalue weighted by atomic mass is 10.0. The molecule has 0 aromatic heterocycles. The Morgan fingerprint density at radius 1 is 1.44 bits per heavy atom. The number of rotatable bonds is 2. The largest absolute Gasteiger partial charge is 0.366 e. The lowest BCUT2D eigenvalue weighted by molar-refractivity contribution is 0.516. The average molecular weight is 283 g/mol. The van der Waals surface area contributed by atoms with Crippen LogP contribution in [0.2, 0.25) is 0 Å². The molecule has 3 heteroatoms. The quantitative estimate of drug-likeness (QED) is 0.902. The van der Waals surface area contributed by atoms with Crippen LogP contribution in [0.15, 0.2) is 22.7 Å². The fourth-order valence-corrected chi connectivity index (χ4v) is 3.07. The van der Waals surface area contributed by atoms with Crippen LogP contribution in [0.25, 0.3) is 0 Å². The van der Waals surface area contributed by atoms with Crippen LogP contribution in [-0.4, -0.2) is 12.1 Å². The van der Waals surface area contributed by atoms with Gasteiger partial charge in [0.05, 0.1) is 0 Å². The number of anilines is 1. The van der Waals surface area contributed by atoms with Crippen LogP contribution in [0.3, 0.4) is 0 Å². The SMILES string of the molecule is CC1(C)CCCN1c1cccc(Br)c1CN. The molecule has 1 fully saturated rings. The van der Waals surface area contributed by atoms with Crippen molar-refractivity contribution >= 4 is 21.6 Å². The van der Waals surface area contributed by atoms with Gasteiger partial charge in [0, 0.05) is 34.4 Å². The highest BCUT2D eigenvalue weighted by Crippen LogP contribution is 2.37. The molecule has 1 aliphatic rings. The minimum Gasteiger partial charge on any atom is -0.366 e. The van der Waals surface area contributed by atoms with Crippen molar-refractivity contribution < 1.29 is 0 Å². The standard InChI is InChI=1S/C13H19BrN2/c1-13(2)7-4-8-16(13)12-6-3-5-11(14)10(12)9-15/h3,5-6H,4,7-9,15H2,1-2H3. The maximum Gasteiger partial charge on any atom is 0.0427 e. The number of halogens is 1. The third kappa shape index (κ3) is 1.98. The molecule has 2 nitrogen and oxygen atoms in total. The van der Waals surface area contributed by atoms with Crippen molar-refractivity contribution in [3.05, 3.63) is 28.2 Å². The first kappa shape index (κ1) is 11.9. The van der Waals surface area contributed by atoms with E-state index >= 15 is 0 Å². The van der Waals surface area contributed by atoms with E-state index in [1.807, 2.05) is 0 Å². The molecule has 1 aromatic carbocycles. The molecule has 16 heavy (non-hydrogen) atoms. The number of nitrogens with zero attached hydrogens (tertiary/aromatic N) is 1. The molecule has 1 heterocycles. The molecule has 0 spiro atoms. The molecular weight excluding hydrogens is 264 g/mol. The highest BCUT2D eigenvalue weighted by Gasteiger charge is 2.33. The summed E-state index contributed by atoms with van der Waals surface area (Å²) in [6.45, 7) is 6.34. The molecule has 2 rings (SSSR count). The molecule has 0 unspecified atom stereocenters. The predicted octanol–water partition coefficient (Wildman–Crippen LogP) is 3.29. The molecule has 88 valence electrons. The van der Waals surface area contributed by atoms with Gasteiger partial charge in [-0.15, -0.1) is 0 Å². The van der Waals surface area contributed by atoms with Gasteiger partial charge in [-0.25, -0.2) is 0 Å². The number of hydrogen-bond donors (Lipinski definition) is 1. The smallest absolute Gasteiger partial charge is 0.0427 e. The second-order valence-corrected chi connectivity index (χ2v) is 5.86. The number of hydrogen-bond acceptors (Lipinski definition) is 2. The highest BCUT2D eigenvalue weighted by atomic mass is 79.9. The summed E-state index contributed by atoms with van der Waals surface area (Å²) in [5.41, 5.74) is 8.62. The summed E-state index contributed by atoms with van der Waals surface area (Å²) in [6, 6.07) is 6.34. The van der Waals surface area contributed by atoms with Gasteiger partial charge in [-0.1, -0.05) is 22.0 Å². The van der Waals surface area contributed by atoms with Crippen LogP contribution in [-0.2, 0) is 6.54 Å². The summed E-state index contributed by atoms with van der Waals surface area (Å²) in [7, 11) is 0. The molecular formula is C13H19BrN2. The minimum absolute atomic E-state index is 0.255. The van der Waals surface area contributed by atoms with Gasteiger partial charge in [0.2, 0.25) is 0 Å². The Labute approximate surface area is 106 Å². The minimum atomic E-state index is 0.255. The molecule has 2 N–H and O–H groups in total. The van der Waals surface area contributed by atoms with Crippen LogP contribution in [0.1, 0.15) is 32.3 Å². The maximum absolute atomic E-state index is 5.85. The molecule has 1 saturated heterocycles. The molecule has 1 aliphatic heterocycles. The Morgan fingerprint density at radius 2 is 2.19 bits per heavy atom. The second kappa shape index (κ2) is 4.38. The Hall–Kier alpha value is -0.540. The predicted molar refractivity (Wildman–Crippen MR) is 72.7 cm³/mol. The summed E-state index contributed by atoms with van der Waals surface area (Å²) in [5.74, 6) is 0. The second-order valence-electron chi connectivity index (χ2n) is 5.01. The van der Waals surface area contributed by atoms with Crippen molar-refractivity contribution in [1.82, 2.24) is 0 Å². The summed E-state index contributed by atoms with van der Waals surface area (Å²) < 4.78 is 1.12. The van der Waals surface area contributed by atoms with Crippen molar-refractivity contribution in [1.29, 1.82) is 0 Å². The van der Waals surface area contributed by atoms with E-state index in [4.69, 9.17) is 5.73 Å². The van der Waals surface area contributed by atoms with Gasteiger partial charge in [-0.3, -0.25) is 0 Å². The monoisotopic (exact) mass is 282 g/mol. The fraction of sp³-hybridized carbons (Fsp3) is 0.538. The van der Waals surface area contributed by atoms with Crippen LogP contribution in [0.5, 0.6) is 0 Å². The van der Waals surface area contributed by atoms with Crippen molar-refractivity contribution in [2.45, 2.75) is 38.8 Å². The van der Waals surface area contributed by atoms with E-state index in [0.717, 1.165) is 11.0 Å². The summed E-state index contributed by atoms with van der Waals surface area (Å²) in [4.78, 5) is 2.49. The summed E-state index contributed by atoms with van der Waals surface area (Å²) in [6.07, 6.45) is 2.52. The zero-order valence-electron chi connectivity index (χ0n) is 9.96. The highest BCUT2D eigenvalue weighted by molar-refractivity contribution is 9.10. The van der Waals surface area contributed by atoms with Crippen LogP contribution < -0.4 is 10.6 Å². The van der Waals surface area contributed by atoms with Gasteiger partial charge in [0.25, 0.3) is 0 Å². The lowest BCUT2D eigenvalue weighted by Crippen LogP contribution is -2.38. The van der Waals surface area contributed by atoms with E-state index in [2.05, 4.69) is 52.9 Å². The van der Waals surface area contributed by atoms with E-state index < -0.39 is 0 Å². The molecule has 0 radical (unpaired) electrons. The van der Waals surface area contributed by atoms with Gasteiger partial charge < -0.3 is 10.6 Å². The first-order valence-electron chi connectivity index (χ1n) is 5.81. The summed E-state index contributed by atoms with van der Waals surface area (Å²) >= 11 is 3.59. The van der Waals surface area contributed by atoms with E-state index in [9.17, 15) is 0 Å². The molecule has 0 atom stereocenters. The molecule has 1 aromatic rings. The number of benzene rings is 1.